The topological polar surface area (TPSA) is 47.3 Å². The second-order valence-electron chi connectivity index (χ2n) is 5.29. The van der Waals surface area contributed by atoms with Crippen LogP contribution in [0.4, 0.5) is 23.2 Å². The number of hydrogen-bond acceptors (Lipinski definition) is 3. The lowest BCUT2D eigenvalue weighted by Gasteiger charge is -2.34. The summed E-state index contributed by atoms with van der Waals surface area (Å²) in [5.41, 5.74) is 1.08. The van der Waals surface area contributed by atoms with Crippen LogP contribution in [0.5, 0.6) is 0 Å². The van der Waals surface area contributed by atoms with E-state index >= 15 is 0 Å². The van der Waals surface area contributed by atoms with Gasteiger partial charge in [-0.2, -0.15) is 5.26 Å². The lowest BCUT2D eigenvalue weighted by Crippen LogP contribution is -2.51. The van der Waals surface area contributed by atoms with Crippen molar-refractivity contribution in [3.63, 3.8) is 0 Å². The number of amides is 1. The van der Waals surface area contributed by atoms with E-state index in [1.54, 1.807) is 24.3 Å². The normalized spacial score (nSPS) is 16.7. The molecular weight excluding hydrogens is 314 g/mol. The number of benzene rings is 1. The van der Waals surface area contributed by atoms with Crippen LogP contribution in [-0.2, 0) is 4.79 Å². The molecule has 1 aliphatic rings. The summed E-state index contributed by atoms with van der Waals surface area (Å²) in [6.07, 6.45) is -4.67. The summed E-state index contributed by atoms with van der Waals surface area (Å²) < 4.78 is 50.1. The molecule has 0 spiro atoms. The van der Waals surface area contributed by atoms with Crippen molar-refractivity contribution in [2.24, 2.45) is 0 Å². The Morgan fingerprint density at radius 3 is 2.39 bits per heavy atom. The van der Waals surface area contributed by atoms with E-state index in [-0.39, 0.29) is 25.5 Å². The molecule has 1 saturated heterocycles. The molecule has 0 atom stereocenters. The molecule has 0 aromatic heterocycles. The van der Waals surface area contributed by atoms with E-state index < -0.39 is 18.8 Å². The zero-order valence-corrected chi connectivity index (χ0v) is 12.2. The molecule has 124 valence electrons. The Kier molecular flexibility index (Phi) is 5.21. The van der Waals surface area contributed by atoms with E-state index in [9.17, 15) is 22.4 Å². The van der Waals surface area contributed by atoms with Crippen molar-refractivity contribution in [2.75, 3.05) is 31.1 Å². The molecular formula is C15H15F4N3O. The minimum Gasteiger partial charge on any atom is -0.310 e. The molecule has 0 saturated carbocycles. The van der Waals surface area contributed by atoms with Crippen LogP contribution >= 0.6 is 0 Å². The first-order valence-electron chi connectivity index (χ1n) is 7.02. The summed E-state index contributed by atoms with van der Waals surface area (Å²) in [6, 6.07) is 8.41. The first-order valence-corrected chi connectivity index (χ1v) is 7.02. The highest BCUT2D eigenvalue weighted by molar-refractivity contribution is 5.95. The number of alkyl halides is 4. The fourth-order valence-electron chi connectivity index (χ4n) is 2.32. The lowest BCUT2D eigenvalue weighted by molar-refractivity contribution is -0.137. The lowest BCUT2D eigenvalue weighted by atomic mass is 10.1. The number of nitriles is 1. The second kappa shape index (κ2) is 6.96. The van der Waals surface area contributed by atoms with E-state index in [2.05, 4.69) is 0 Å². The Labute approximate surface area is 130 Å². The molecule has 0 radical (unpaired) electrons. The Bertz CT molecular complexity index is 598. The number of nitrogens with zero attached hydrogens (tertiary/aromatic N) is 3. The highest BCUT2D eigenvalue weighted by Gasteiger charge is 2.40. The van der Waals surface area contributed by atoms with Crippen LogP contribution in [0, 0.1) is 11.3 Å². The fraction of sp³-hybridized carbons (Fsp3) is 0.467. The van der Waals surface area contributed by atoms with Gasteiger partial charge < -0.3 is 4.90 Å². The molecule has 1 heterocycles. The van der Waals surface area contributed by atoms with Gasteiger partial charge in [0.1, 0.15) is 0 Å². The Morgan fingerprint density at radius 1 is 1.22 bits per heavy atom. The van der Waals surface area contributed by atoms with Crippen LogP contribution in [0.15, 0.2) is 24.3 Å². The number of hydrogen-bond donors (Lipinski definition) is 0. The minimum atomic E-state index is -4.03. The van der Waals surface area contributed by atoms with Crippen LogP contribution in [0.2, 0.25) is 0 Å². The SMILES string of the molecule is N#Cc1ccc(N2CCN(CCC(F)(F)C(F)F)CC2=O)cc1. The van der Waals surface area contributed by atoms with Crippen LogP contribution < -0.4 is 4.90 Å². The smallest absolute Gasteiger partial charge is 0.308 e. The van der Waals surface area contributed by atoms with Crippen molar-refractivity contribution < 1.29 is 22.4 Å². The average molecular weight is 329 g/mol. The van der Waals surface area contributed by atoms with Gasteiger partial charge in [0.25, 0.3) is 0 Å². The predicted octanol–water partition coefficient (Wildman–Crippen LogP) is 2.50. The first kappa shape index (κ1) is 17.2. The van der Waals surface area contributed by atoms with Crippen LogP contribution in [0.25, 0.3) is 0 Å². The number of anilines is 1. The van der Waals surface area contributed by atoms with E-state index in [1.807, 2.05) is 6.07 Å². The highest BCUT2D eigenvalue weighted by atomic mass is 19.3. The van der Waals surface area contributed by atoms with Gasteiger partial charge in [0.15, 0.2) is 0 Å². The molecule has 1 aromatic carbocycles. The third-order valence-electron chi connectivity index (χ3n) is 3.69. The summed E-state index contributed by atoms with van der Waals surface area (Å²) in [5.74, 6) is -4.32. The summed E-state index contributed by atoms with van der Waals surface area (Å²) in [7, 11) is 0. The van der Waals surface area contributed by atoms with Gasteiger partial charge in [0.2, 0.25) is 5.91 Å². The monoisotopic (exact) mass is 329 g/mol. The van der Waals surface area contributed by atoms with E-state index in [0.29, 0.717) is 17.8 Å². The van der Waals surface area contributed by atoms with Crippen LogP contribution in [0.3, 0.4) is 0 Å². The molecule has 0 bridgehead atoms. The van der Waals surface area contributed by atoms with Crippen molar-refractivity contribution in [1.29, 1.82) is 5.26 Å². The molecule has 8 heteroatoms. The van der Waals surface area contributed by atoms with Gasteiger partial charge in [-0.05, 0) is 24.3 Å². The van der Waals surface area contributed by atoms with Gasteiger partial charge in [-0.25, -0.2) is 17.6 Å². The number of piperazine rings is 1. The van der Waals surface area contributed by atoms with Crippen molar-refractivity contribution in [3.05, 3.63) is 29.8 Å². The zero-order valence-electron chi connectivity index (χ0n) is 12.2. The number of carbonyl (C=O) groups is 1. The highest BCUT2D eigenvalue weighted by Crippen LogP contribution is 2.27. The molecule has 0 unspecified atom stereocenters. The van der Waals surface area contributed by atoms with Crippen LogP contribution in [0.1, 0.15) is 12.0 Å². The molecule has 1 amide bonds. The van der Waals surface area contributed by atoms with Gasteiger partial charge in [-0.3, -0.25) is 9.69 Å². The second-order valence-corrected chi connectivity index (χ2v) is 5.29. The third kappa shape index (κ3) is 4.20. The van der Waals surface area contributed by atoms with Crippen molar-refractivity contribution >= 4 is 11.6 Å². The maximum atomic E-state index is 12.9. The largest absolute Gasteiger partial charge is 0.310 e. The standard InChI is InChI=1S/C15H15F4N3O/c16-14(17)15(18,19)5-6-21-7-8-22(13(23)10-21)12-3-1-11(9-20)2-4-12/h1-4,14H,5-8,10H2. The summed E-state index contributed by atoms with van der Waals surface area (Å²) in [4.78, 5) is 15.0. The third-order valence-corrected chi connectivity index (χ3v) is 3.69. The molecule has 0 aliphatic carbocycles. The molecule has 0 N–H and O–H groups in total. The van der Waals surface area contributed by atoms with Crippen molar-refractivity contribution in [2.45, 2.75) is 18.8 Å². The van der Waals surface area contributed by atoms with Gasteiger partial charge in [-0.1, -0.05) is 0 Å². The van der Waals surface area contributed by atoms with E-state index in [0.717, 1.165) is 0 Å². The Morgan fingerprint density at radius 2 is 1.87 bits per heavy atom. The number of halogens is 4. The van der Waals surface area contributed by atoms with Crippen molar-refractivity contribution in [3.8, 4) is 6.07 Å². The summed E-state index contributed by atoms with van der Waals surface area (Å²) >= 11 is 0. The Hall–Kier alpha value is -2.14. The van der Waals surface area contributed by atoms with E-state index in [1.165, 1.54) is 9.80 Å². The number of rotatable bonds is 5. The average Bonchev–Trinajstić information content (AvgIpc) is 2.53. The minimum absolute atomic E-state index is 0.0979. The molecule has 2 rings (SSSR count). The van der Waals surface area contributed by atoms with Crippen molar-refractivity contribution in [1.82, 2.24) is 4.90 Å². The van der Waals surface area contributed by atoms with Crippen LogP contribution in [-0.4, -0.2) is 49.3 Å². The maximum Gasteiger partial charge on any atom is 0.308 e. The van der Waals surface area contributed by atoms with Gasteiger partial charge >= 0.3 is 12.3 Å². The summed E-state index contributed by atoms with van der Waals surface area (Å²) in [6.45, 7) is 0.250. The molecule has 1 aliphatic heterocycles. The van der Waals surface area contributed by atoms with Gasteiger partial charge in [-0.15, -0.1) is 0 Å². The maximum absolute atomic E-state index is 12.9. The Balaban J connectivity index is 1.92. The fourth-order valence-corrected chi connectivity index (χ4v) is 2.32. The van der Waals surface area contributed by atoms with Gasteiger partial charge in [0, 0.05) is 31.7 Å². The predicted molar refractivity (Wildman–Crippen MR) is 75.5 cm³/mol. The molecule has 4 nitrogen and oxygen atoms in total. The molecule has 1 fully saturated rings. The number of carbonyl (C=O) groups excluding carboxylic acids is 1. The summed E-state index contributed by atoms with van der Waals surface area (Å²) in [5, 5.41) is 8.74. The first-order chi connectivity index (χ1) is 10.8. The molecule has 23 heavy (non-hydrogen) atoms. The van der Waals surface area contributed by atoms with Gasteiger partial charge in [0.05, 0.1) is 18.2 Å². The molecule has 1 aromatic rings. The zero-order chi connectivity index (χ0) is 17.0. The van der Waals surface area contributed by atoms with E-state index in [4.69, 9.17) is 5.26 Å². The quantitative estimate of drug-likeness (QED) is 0.780.